The number of amides is 2. The van der Waals surface area contributed by atoms with E-state index in [1.54, 1.807) is 25.1 Å². The molecule has 39 heavy (non-hydrogen) atoms. The second-order valence-corrected chi connectivity index (χ2v) is 13.0. The first-order valence-corrected chi connectivity index (χ1v) is 14.8. The molecule has 3 aliphatic carbocycles. The zero-order chi connectivity index (χ0) is 28.8. The van der Waals surface area contributed by atoms with Crippen LogP contribution in [0.15, 0.2) is 36.9 Å². The maximum atomic E-state index is 13.5. The van der Waals surface area contributed by atoms with Crippen molar-refractivity contribution < 1.29 is 42.7 Å². The smallest absolute Gasteiger partial charge is 0.469 e. The van der Waals surface area contributed by atoms with E-state index < -0.39 is 54.2 Å². The van der Waals surface area contributed by atoms with Crippen LogP contribution < -0.4 is 10.1 Å². The minimum Gasteiger partial charge on any atom is -0.497 e. The van der Waals surface area contributed by atoms with Gasteiger partial charge in [-0.1, -0.05) is 26.8 Å². The molecule has 3 fully saturated rings. The van der Waals surface area contributed by atoms with Gasteiger partial charge in [0.1, 0.15) is 17.6 Å². The number of alkyl carbamates (subject to hydrolysis) is 1. The highest BCUT2D eigenvalue weighted by Gasteiger charge is 2.66. The van der Waals surface area contributed by atoms with E-state index in [2.05, 4.69) is 11.9 Å². The maximum Gasteiger partial charge on any atom is 0.469 e. The normalized spacial score (nSPS) is 36.2. The summed E-state index contributed by atoms with van der Waals surface area (Å²) in [6.07, 6.45) is 1.55. The zero-order valence-corrected chi connectivity index (χ0v) is 23.7. The average Bonchev–Trinajstić information content (AvgIpc) is 3.21. The SMILES string of the molecule is C=C[C@]1(C)C[C@@H](OC(=O)NC(=O)c2ccc(OC)cc2)[C@]2(C)[C@H](C)CCC3(CCC(=O)[C@H]32)C[C@@H]1OP(=O)(O)O. The largest absolute Gasteiger partial charge is 0.497 e. The summed E-state index contributed by atoms with van der Waals surface area (Å²) in [5, 5.41) is 2.28. The lowest BCUT2D eigenvalue weighted by Crippen LogP contribution is -2.61. The van der Waals surface area contributed by atoms with Crippen molar-refractivity contribution in [2.45, 2.75) is 71.5 Å². The minimum atomic E-state index is -4.89. The minimum absolute atomic E-state index is 0.00100. The van der Waals surface area contributed by atoms with Crippen LogP contribution in [-0.4, -0.2) is 46.9 Å². The number of rotatable bonds is 6. The number of hydrogen-bond acceptors (Lipinski definition) is 7. The van der Waals surface area contributed by atoms with Crippen LogP contribution >= 0.6 is 7.82 Å². The number of Topliss-reactive ketones (excluding diaryl/α,β-unsaturated/α-hetero) is 1. The summed E-state index contributed by atoms with van der Waals surface area (Å²) < 4.78 is 28.5. The number of ketones is 1. The van der Waals surface area contributed by atoms with E-state index in [0.29, 0.717) is 25.0 Å². The van der Waals surface area contributed by atoms with E-state index in [4.69, 9.17) is 14.0 Å². The molecule has 2 amide bonds. The number of phosphoric ester groups is 1. The highest BCUT2D eigenvalue weighted by Crippen LogP contribution is 2.67. The van der Waals surface area contributed by atoms with Crippen LogP contribution in [0, 0.1) is 28.1 Å². The number of hydrogen-bond donors (Lipinski definition) is 3. The summed E-state index contributed by atoms with van der Waals surface area (Å²) in [5.74, 6) is -0.522. The first kappa shape index (κ1) is 29.5. The first-order chi connectivity index (χ1) is 18.2. The Bertz CT molecular complexity index is 1200. The fraction of sp³-hybridized carbons (Fsp3) is 0.607. The average molecular weight is 564 g/mol. The van der Waals surface area contributed by atoms with E-state index >= 15 is 0 Å². The zero-order valence-electron chi connectivity index (χ0n) is 22.8. The van der Waals surface area contributed by atoms with Crippen LogP contribution in [-0.2, 0) is 18.6 Å². The topological polar surface area (TPSA) is 148 Å². The predicted molar refractivity (Wildman–Crippen MR) is 142 cm³/mol. The molecule has 0 saturated heterocycles. The molecule has 11 heteroatoms. The van der Waals surface area contributed by atoms with Gasteiger partial charge in [0.05, 0.1) is 13.2 Å². The molecule has 2 bridgehead atoms. The molecule has 0 aromatic heterocycles. The Labute approximate surface area is 228 Å². The number of ether oxygens (including phenoxy) is 2. The second-order valence-electron chi connectivity index (χ2n) is 11.8. The van der Waals surface area contributed by atoms with Crippen molar-refractivity contribution >= 4 is 25.6 Å². The van der Waals surface area contributed by atoms with Crippen molar-refractivity contribution in [2.75, 3.05) is 7.11 Å². The van der Waals surface area contributed by atoms with E-state index in [0.717, 1.165) is 6.42 Å². The van der Waals surface area contributed by atoms with Gasteiger partial charge in [0, 0.05) is 28.7 Å². The summed E-state index contributed by atoms with van der Waals surface area (Å²) in [6, 6.07) is 6.24. The lowest BCUT2D eigenvalue weighted by atomic mass is 9.46. The second kappa shape index (κ2) is 10.5. The number of carbonyl (C=O) groups excluding carboxylic acids is 3. The predicted octanol–water partition coefficient (Wildman–Crippen LogP) is 4.80. The van der Waals surface area contributed by atoms with E-state index in [9.17, 15) is 28.7 Å². The molecular weight excluding hydrogens is 525 g/mol. The van der Waals surface area contributed by atoms with Crippen LogP contribution in [0.2, 0.25) is 0 Å². The van der Waals surface area contributed by atoms with Crippen molar-refractivity contribution in [3.63, 3.8) is 0 Å². The Balaban J connectivity index is 1.71. The fourth-order valence-electron chi connectivity index (χ4n) is 7.33. The van der Waals surface area contributed by atoms with Gasteiger partial charge in [-0.25, -0.2) is 9.36 Å². The van der Waals surface area contributed by atoms with E-state index in [1.165, 1.54) is 19.2 Å². The van der Waals surface area contributed by atoms with Gasteiger partial charge in [0.2, 0.25) is 0 Å². The van der Waals surface area contributed by atoms with Gasteiger partial charge in [-0.2, -0.15) is 0 Å². The monoisotopic (exact) mass is 563 g/mol. The molecule has 4 rings (SSSR count). The molecule has 7 atom stereocenters. The standard InChI is InChI=1S/C28H38NO9P/c1-6-26(3)15-22(37-25(32)29-24(31)18-7-9-19(36-5)10-8-18)27(4)17(2)11-13-28(14-12-20(30)23(27)28)16-21(26)38-39(33,34)35/h6-10,17,21-23H,1,11-16H2,2-5H3,(H,29,31,32)(H2,33,34,35)/t17-,21+,22-,23+,26-,27+,28?/m1/s1. The Morgan fingerprint density at radius 2 is 1.79 bits per heavy atom. The molecule has 3 saturated carbocycles. The molecule has 1 aromatic carbocycles. The molecular formula is C28H38NO9P. The quantitative estimate of drug-likeness (QED) is 0.328. The van der Waals surface area contributed by atoms with Gasteiger partial charge in [0.25, 0.3) is 5.91 Å². The van der Waals surface area contributed by atoms with Gasteiger partial charge in [-0.05, 0) is 67.7 Å². The van der Waals surface area contributed by atoms with Gasteiger partial charge in [0.15, 0.2) is 0 Å². The highest BCUT2D eigenvalue weighted by molar-refractivity contribution is 7.46. The summed E-state index contributed by atoms with van der Waals surface area (Å²) in [6.45, 7) is 9.72. The van der Waals surface area contributed by atoms with Crippen LogP contribution in [0.1, 0.15) is 69.7 Å². The third kappa shape index (κ3) is 5.44. The van der Waals surface area contributed by atoms with Crippen molar-refractivity contribution in [3.05, 3.63) is 42.5 Å². The Hall–Kier alpha value is -2.52. The van der Waals surface area contributed by atoms with Crippen LogP contribution in [0.4, 0.5) is 4.79 Å². The summed E-state index contributed by atoms with van der Waals surface area (Å²) in [4.78, 5) is 58.9. The van der Waals surface area contributed by atoms with E-state index in [-0.39, 0.29) is 30.1 Å². The third-order valence-electron chi connectivity index (χ3n) is 9.76. The number of imide groups is 1. The Kier molecular flexibility index (Phi) is 7.91. The van der Waals surface area contributed by atoms with Gasteiger partial charge in [-0.15, -0.1) is 6.58 Å². The van der Waals surface area contributed by atoms with Crippen molar-refractivity contribution in [1.82, 2.24) is 5.32 Å². The van der Waals surface area contributed by atoms with Crippen molar-refractivity contribution in [2.24, 2.45) is 28.1 Å². The molecule has 0 heterocycles. The first-order valence-electron chi connectivity index (χ1n) is 13.2. The van der Waals surface area contributed by atoms with Gasteiger partial charge in [-0.3, -0.25) is 19.4 Å². The Morgan fingerprint density at radius 3 is 2.38 bits per heavy atom. The number of methoxy groups -OCH3 is 1. The maximum absolute atomic E-state index is 13.5. The van der Waals surface area contributed by atoms with Gasteiger partial charge < -0.3 is 19.3 Å². The lowest BCUT2D eigenvalue weighted by molar-refractivity contribution is -0.172. The third-order valence-corrected chi connectivity index (χ3v) is 10.3. The summed E-state index contributed by atoms with van der Waals surface area (Å²) in [7, 11) is -3.39. The van der Waals surface area contributed by atoms with Gasteiger partial charge >= 0.3 is 13.9 Å². The van der Waals surface area contributed by atoms with Crippen molar-refractivity contribution in [1.29, 1.82) is 0 Å². The van der Waals surface area contributed by atoms with Crippen LogP contribution in [0.25, 0.3) is 0 Å². The fourth-order valence-corrected chi connectivity index (χ4v) is 7.98. The Morgan fingerprint density at radius 1 is 1.13 bits per heavy atom. The number of carbonyl (C=O) groups is 3. The van der Waals surface area contributed by atoms with Crippen molar-refractivity contribution in [3.8, 4) is 5.75 Å². The number of nitrogens with one attached hydrogen (secondary N) is 1. The molecule has 1 unspecified atom stereocenters. The molecule has 1 aromatic rings. The van der Waals surface area contributed by atoms with Crippen LogP contribution in [0.5, 0.6) is 5.75 Å². The summed E-state index contributed by atoms with van der Waals surface area (Å²) in [5.41, 5.74) is -2.10. The highest BCUT2D eigenvalue weighted by atomic mass is 31.2. The molecule has 0 spiro atoms. The summed E-state index contributed by atoms with van der Waals surface area (Å²) >= 11 is 0. The molecule has 10 nitrogen and oxygen atoms in total. The molecule has 214 valence electrons. The van der Waals surface area contributed by atoms with E-state index in [1.807, 2.05) is 13.8 Å². The molecule has 0 aliphatic heterocycles. The number of phosphoric acid groups is 1. The molecule has 0 radical (unpaired) electrons. The lowest BCUT2D eigenvalue weighted by Gasteiger charge is -2.59. The molecule has 3 N–H and O–H groups in total. The van der Waals surface area contributed by atoms with Crippen LogP contribution in [0.3, 0.4) is 0 Å². The molecule has 3 aliphatic rings. The number of benzene rings is 1.